The molecule has 1 aliphatic carbocycles. The third-order valence-corrected chi connectivity index (χ3v) is 5.20. The maximum absolute atomic E-state index is 14.5. The van der Waals surface area contributed by atoms with E-state index in [2.05, 4.69) is 20.2 Å². The quantitative estimate of drug-likeness (QED) is 0.714. The summed E-state index contributed by atoms with van der Waals surface area (Å²) < 4.78 is 55.1. The van der Waals surface area contributed by atoms with E-state index in [-0.39, 0.29) is 12.6 Å². The van der Waals surface area contributed by atoms with Crippen LogP contribution in [-0.2, 0) is 16.6 Å². The van der Waals surface area contributed by atoms with E-state index in [1.54, 1.807) is 13.0 Å². The number of aromatic nitrogens is 2. The van der Waals surface area contributed by atoms with Crippen molar-refractivity contribution in [1.29, 1.82) is 0 Å². The van der Waals surface area contributed by atoms with E-state index in [4.69, 9.17) is 0 Å². The summed E-state index contributed by atoms with van der Waals surface area (Å²) in [6.07, 6.45) is 1.33. The van der Waals surface area contributed by atoms with Gasteiger partial charge in [-0.1, -0.05) is 0 Å². The number of H-pyrrole nitrogens is 1. The molecule has 1 heterocycles. The van der Waals surface area contributed by atoms with Gasteiger partial charge in [-0.15, -0.1) is 0 Å². The van der Waals surface area contributed by atoms with Gasteiger partial charge in [0.1, 0.15) is 16.3 Å². The third-order valence-electron chi connectivity index (χ3n) is 3.66. The van der Waals surface area contributed by atoms with E-state index in [9.17, 15) is 22.0 Å². The van der Waals surface area contributed by atoms with E-state index in [1.807, 2.05) is 0 Å². The van der Waals surface area contributed by atoms with Crippen LogP contribution in [0.3, 0.4) is 0 Å². The van der Waals surface area contributed by atoms with Crippen molar-refractivity contribution in [2.24, 2.45) is 0 Å². The van der Waals surface area contributed by atoms with Gasteiger partial charge in [0, 0.05) is 11.7 Å². The fraction of sp³-hybridized carbons (Fsp3) is 0.333. The molecule has 1 amide bonds. The van der Waals surface area contributed by atoms with Crippen LogP contribution in [0.4, 0.5) is 8.78 Å². The molecule has 10 heteroatoms. The normalized spacial score (nSPS) is 14.5. The number of hydrogen-bond donors (Lipinski definition) is 3. The number of benzene rings is 1. The van der Waals surface area contributed by atoms with E-state index in [0.717, 1.165) is 17.8 Å². The van der Waals surface area contributed by atoms with Crippen molar-refractivity contribution in [1.82, 2.24) is 20.2 Å². The number of rotatable bonds is 6. The van der Waals surface area contributed by atoms with Crippen molar-refractivity contribution in [2.45, 2.75) is 37.2 Å². The number of aromatic amines is 1. The number of amides is 1. The molecule has 0 spiro atoms. The Morgan fingerprint density at radius 1 is 1.36 bits per heavy atom. The van der Waals surface area contributed by atoms with Crippen molar-refractivity contribution in [2.75, 3.05) is 0 Å². The lowest BCUT2D eigenvalue weighted by Crippen LogP contribution is -2.29. The number of sulfonamides is 1. The van der Waals surface area contributed by atoms with E-state index >= 15 is 0 Å². The van der Waals surface area contributed by atoms with Gasteiger partial charge in [-0.25, -0.2) is 21.9 Å². The topological polar surface area (TPSA) is 104 Å². The lowest BCUT2D eigenvalue weighted by molar-refractivity contribution is 0.0941. The highest BCUT2D eigenvalue weighted by atomic mass is 32.2. The van der Waals surface area contributed by atoms with Crippen LogP contribution < -0.4 is 10.0 Å². The zero-order valence-corrected chi connectivity index (χ0v) is 14.1. The van der Waals surface area contributed by atoms with Crippen molar-refractivity contribution < 1.29 is 22.0 Å². The zero-order valence-electron chi connectivity index (χ0n) is 13.3. The third kappa shape index (κ3) is 3.85. The molecule has 0 aliphatic heterocycles. The molecule has 0 atom stereocenters. The van der Waals surface area contributed by atoms with Gasteiger partial charge in [0.05, 0.1) is 12.2 Å². The maximum atomic E-state index is 14.5. The first kappa shape index (κ1) is 17.5. The highest BCUT2D eigenvalue weighted by Gasteiger charge is 2.32. The number of nitrogens with zero attached hydrogens (tertiary/aromatic N) is 1. The summed E-state index contributed by atoms with van der Waals surface area (Å²) in [5.41, 5.74) is 0.303. The second-order valence-corrected chi connectivity index (χ2v) is 7.54. The van der Waals surface area contributed by atoms with Crippen LogP contribution in [0.2, 0.25) is 0 Å². The van der Waals surface area contributed by atoms with E-state index < -0.39 is 38.0 Å². The predicted molar refractivity (Wildman–Crippen MR) is 84.2 cm³/mol. The van der Waals surface area contributed by atoms with Crippen LogP contribution in [0.1, 0.15) is 34.6 Å². The minimum atomic E-state index is -4.15. The second-order valence-electron chi connectivity index (χ2n) is 5.86. The lowest BCUT2D eigenvalue weighted by Gasteiger charge is -2.11. The minimum Gasteiger partial charge on any atom is -0.346 e. The number of aryl methyl sites for hydroxylation is 1. The number of nitrogens with one attached hydrogen (secondary N) is 3. The number of carbonyl (C=O) groups is 1. The molecule has 3 N–H and O–H groups in total. The average molecular weight is 370 g/mol. The molecule has 1 saturated carbocycles. The number of halogens is 2. The molecular weight excluding hydrogens is 354 g/mol. The van der Waals surface area contributed by atoms with Gasteiger partial charge in [-0.3, -0.25) is 9.89 Å². The second kappa shape index (κ2) is 6.52. The first-order valence-electron chi connectivity index (χ1n) is 7.57. The summed E-state index contributed by atoms with van der Waals surface area (Å²) in [7, 11) is -4.15. The Balaban J connectivity index is 1.84. The summed E-state index contributed by atoms with van der Waals surface area (Å²) in [5.74, 6) is -3.61. The van der Waals surface area contributed by atoms with Crippen molar-refractivity contribution in [3.63, 3.8) is 0 Å². The maximum Gasteiger partial charge on any atom is 0.257 e. The van der Waals surface area contributed by atoms with Gasteiger partial charge in [0.2, 0.25) is 10.0 Å². The SMILES string of the molecule is Cc1cc(CNC(=O)c2c(F)ccc(S(=O)(=O)NC3CC3)c2F)n[nH]1. The summed E-state index contributed by atoms with van der Waals surface area (Å²) >= 11 is 0. The largest absolute Gasteiger partial charge is 0.346 e. The Kier molecular flexibility index (Phi) is 4.56. The van der Waals surface area contributed by atoms with Crippen LogP contribution in [0.25, 0.3) is 0 Å². The van der Waals surface area contributed by atoms with Crippen molar-refractivity contribution >= 4 is 15.9 Å². The van der Waals surface area contributed by atoms with E-state index in [1.165, 1.54) is 0 Å². The standard InChI is InChI=1S/C15H16F2N4O3S/c1-8-6-10(20-19-8)7-18-15(22)13-11(16)4-5-12(14(13)17)25(23,24)21-9-2-3-9/h4-6,9,21H,2-3,7H2,1H3,(H,18,22)(H,19,20). The smallest absolute Gasteiger partial charge is 0.257 e. The molecule has 1 aromatic heterocycles. The first-order chi connectivity index (χ1) is 11.8. The van der Waals surface area contributed by atoms with Crippen LogP contribution in [-0.4, -0.2) is 30.6 Å². The van der Waals surface area contributed by atoms with Gasteiger partial charge in [0.15, 0.2) is 5.82 Å². The Morgan fingerprint density at radius 2 is 2.08 bits per heavy atom. The van der Waals surface area contributed by atoms with E-state index in [0.29, 0.717) is 18.5 Å². The molecule has 0 unspecified atom stereocenters. The molecule has 1 aliphatic rings. The van der Waals surface area contributed by atoms with Crippen LogP contribution >= 0.6 is 0 Å². The molecule has 7 nitrogen and oxygen atoms in total. The molecule has 3 rings (SSSR count). The average Bonchev–Trinajstić information content (AvgIpc) is 3.22. The van der Waals surface area contributed by atoms with Crippen molar-refractivity contribution in [3.05, 3.63) is 46.8 Å². The Morgan fingerprint density at radius 3 is 2.68 bits per heavy atom. The monoisotopic (exact) mass is 370 g/mol. The van der Waals surface area contributed by atoms with Gasteiger partial charge in [0.25, 0.3) is 5.91 Å². The van der Waals surface area contributed by atoms with Crippen LogP contribution in [0.5, 0.6) is 0 Å². The Bertz CT molecular complexity index is 923. The minimum absolute atomic E-state index is 0.0562. The first-order valence-corrected chi connectivity index (χ1v) is 9.05. The zero-order chi connectivity index (χ0) is 18.2. The predicted octanol–water partition coefficient (Wildman–Crippen LogP) is 1.37. The molecule has 0 radical (unpaired) electrons. The molecule has 2 aromatic rings. The summed E-state index contributed by atoms with van der Waals surface area (Å²) in [5, 5.41) is 8.89. The Labute approximate surface area is 142 Å². The number of hydrogen-bond acceptors (Lipinski definition) is 4. The van der Waals surface area contributed by atoms with Gasteiger partial charge < -0.3 is 5.32 Å². The molecular formula is C15H16F2N4O3S. The molecule has 0 bridgehead atoms. The fourth-order valence-electron chi connectivity index (χ4n) is 2.26. The van der Waals surface area contributed by atoms with Crippen molar-refractivity contribution in [3.8, 4) is 0 Å². The molecule has 1 aromatic carbocycles. The van der Waals surface area contributed by atoms with Crippen LogP contribution in [0, 0.1) is 18.6 Å². The van der Waals surface area contributed by atoms with Crippen LogP contribution in [0.15, 0.2) is 23.1 Å². The summed E-state index contributed by atoms with van der Waals surface area (Å²) in [6, 6.07) is 2.99. The van der Waals surface area contributed by atoms with Gasteiger partial charge >= 0.3 is 0 Å². The molecule has 0 saturated heterocycles. The van der Waals surface area contributed by atoms with Gasteiger partial charge in [-0.05, 0) is 38.0 Å². The highest BCUT2D eigenvalue weighted by molar-refractivity contribution is 7.89. The molecule has 1 fully saturated rings. The number of carbonyl (C=O) groups excluding carboxylic acids is 1. The molecule has 134 valence electrons. The molecule has 25 heavy (non-hydrogen) atoms. The summed E-state index contributed by atoms with van der Waals surface area (Å²) in [4.78, 5) is 11.4. The van der Waals surface area contributed by atoms with Gasteiger partial charge in [-0.2, -0.15) is 5.10 Å². The Hall–Kier alpha value is -2.33. The fourth-order valence-corrected chi connectivity index (χ4v) is 3.64. The summed E-state index contributed by atoms with van der Waals surface area (Å²) in [6.45, 7) is 1.71. The highest BCUT2D eigenvalue weighted by Crippen LogP contribution is 2.25. The lowest BCUT2D eigenvalue weighted by atomic mass is 10.2.